The molecular weight excluding hydrogens is 1910 g/mol. The van der Waals surface area contributed by atoms with Crippen LogP contribution in [-0.4, -0.2) is 428 Å². The maximum atomic E-state index is 10.4. The number of aromatic amines is 1. The maximum absolute atomic E-state index is 10.4. The quantitative estimate of drug-likeness (QED) is 0.0512. The predicted octanol–water partition coefficient (Wildman–Crippen LogP) is 1.29. The SMILES string of the molecule is C=C1N=C(N)C(C)=CN1[C@@H]1O[C@H](CCP(=C)(C)C)[C@@H](O)[C@H]1O.C=C1N=C(N)C(I)=CN1[C@@H]1O[C@H](CCP(=C)(C)C)[C@@H](O)[C@H]1O.C=C1N=C(N)C=CN1[C@@H]1O[C@H](CCP(=C)(C)C)[C@@H](O)[C@H]1O.C=C1N=C(N)C=NN1[C@@H]1O[C@H](CCP(=C)(C)C)[C@@H](O)[C@H]1O.C=C1N=c2[nH]c(C)cc2=CN1[C@@H]1O[C@H](CCP(=C)(C)C)[C@@H](O)[C@H]1O.C=C1NC(N)=NC=C1[C@@H]1O[C@H](CCP(=C)(C)C)[C@@H](O)[C@H]1O. The first-order valence-corrected chi connectivity index (χ1v) is 62.2. The van der Waals surface area contributed by atoms with Gasteiger partial charge in [-0.1, -0.05) is 39.5 Å². The lowest BCUT2D eigenvalue weighted by Gasteiger charge is -2.31. The third-order valence-corrected chi connectivity index (χ3v) is 32.3. The van der Waals surface area contributed by atoms with Crippen molar-refractivity contribution in [1.29, 1.82) is 0 Å². The predicted molar refractivity (Wildman–Crippen MR) is 554 cm³/mol. The third-order valence-electron chi connectivity index (χ3n) is 22.7. The Balaban J connectivity index is 0.000000194. The van der Waals surface area contributed by atoms with Crippen molar-refractivity contribution >= 4 is 143 Å². The molecule has 734 valence electrons. The number of aliphatic hydroxyl groups excluding tert-OH is 12. The molecule has 1 aromatic rings. The normalized spacial score (nSPS) is 32.6. The molecule has 0 amide bonds. The topological polar surface area (TPSA) is 559 Å². The third kappa shape index (κ3) is 30.7. The van der Waals surface area contributed by atoms with Gasteiger partial charge in [0.1, 0.15) is 137 Å². The number of aliphatic imine (C=N–C) groups is 5. The fourth-order valence-corrected chi connectivity index (χ4v) is 21.3. The van der Waals surface area contributed by atoms with Gasteiger partial charge in [-0.2, -0.15) is 5.10 Å². The van der Waals surface area contributed by atoms with Crippen LogP contribution in [-0.2, 0) is 28.4 Å². The van der Waals surface area contributed by atoms with Crippen molar-refractivity contribution in [3.05, 3.63) is 142 Å². The lowest BCUT2D eigenvalue weighted by atomic mass is 9.99. The van der Waals surface area contributed by atoms with E-state index >= 15 is 0 Å². The monoisotopic (exact) mass is 2060 g/mol. The van der Waals surface area contributed by atoms with Gasteiger partial charge in [-0.15, -0.1) is 79.1 Å². The van der Waals surface area contributed by atoms with Crippen molar-refractivity contribution in [2.24, 2.45) is 63.7 Å². The van der Waals surface area contributed by atoms with E-state index in [9.17, 15) is 61.3 Å². The molecule has 24 N–H and O–H groups in total. The van der Waals surface area contributed by atoms with Gasteiger partial charge in [0, 0.05) is 58.8 Å². The average molecular weight is 2060 g/mol. The summed E-state index contributed by atoms with van der Waals surface area (Å²) in [6, 6.07) is 1.98. The smallest absolute Gasteiger partial charge is 0.197 e. The summed E-state index contributed by atoms with van der Waals surface area (Å²) in [5.41, 5.74) is 31.8. The molecule has 131 heavy (non-hydrogen) atoms. The van der Waals surface area contributed by atoms with E-state index in [0.717, 1.165) is 62.5 Å². The van der Waals surface area contributed by atoms with E-state index in [4.69, 9.17) is 57.1 Å². The van der Waals surface area contributed by atoms with Gasteiger partial charge < -0.3 is 148 Å². The highest BCUT2D eigenvalue weighted by atomic mass is 127. The van der Waals surface area contributed by atoms with Crippen molar-refractivity contribution in [2.75, 3.05) is 117 Å². The number of nitrogens with zero attached hydrogens (tertiary/aromatic N) is 12. The van der Waals surface area contributed by atoms with Gasteiger partial charge in [0.25, 0.3) is 0 Å². The Kier molecular flexibility index (Phi) is 38.3. The molecule has 0 spiro atoms. The summed E-state index contributed by atoms with van der Waals surface area (Å²) in [4.78, 5) is 34.4. The average Bonchev–Trinajstić information content (AvgIpc) is 1.72. The van der Waals surface area contributed by atoms with Crippen LogP contribution in [0.25, 0.3) is 6.20 Å². The second-order valence-corrected chi connectivity index (χ2v) is 65.7. The number of aryl methyl sites for hydroxylation is 1. The Hall–Kier alpha value is -6.02. The van der Waals surface area contributed by atoms with E-state index in [1.165, 1.54) is 17.4 Å². The van der Waals surface area contributed by atoms with Crippen molar-refractivity contribution in [3.63, 3.8) is 0 Å². The summed E-state index contributed by atoms with van der Waals surface area (Å²) in [7, 11) is 0. The molecule has 24 atom stereocenters. The zero-order valence-corrected chi connectivity index (χ0v) is 85.6. The number of halogens is 1. The number of fused-ring (bicyclic) bond motifs is 1. The molecule has 13 rings (SSSR count). The Morgan fingerprint density at radius 1 is 0.405 bits per heavy atom. The number of amidine groups is 4. The van der Waals surface area contributed by atoms with Crippen LogP contribution < -0.4 is 44.7 Å². The molecule has 13 heterocycles. The molecule has 0 saturated carbocycles. The van der Waals surface area contributed by atoms with Crippen LogP contribution in [0.15, 0.2) is 161 Å². The van der Waals surface area contributed by atoms with E-state index in [1.54, 1.807) is 44.3 Å². The number of ether oxygens (including phenoxy) is 6. The van der Waals surface area contributed by atoms with E-state index in [2.05, 4.69) is 225 Å². The molecule has 0 unspecified atom stereocenters. The fraction of sp³-hybridized carbons (Fsp3) is 0.575. The number of hydrogen-bond acceptors (Lipinski definition) is 36. The number of hydrogen-bond donors (Lipinski definition) is 19. The number of aliphatic hydroxyl groups is 12. The number of guanidine groups is 1. The van der Waals surface area contributed by atoms with Crippen molar-refractivity contribution in [1.82, 2.24) is 34.9 Å². The first kappa shape index (κ1) is 110. The summed E-state index contributed by atoms with van der Waals surface area (Å²) in [5, 5.41) is 132. The second-order valence-electron chi connectivity index (χ2n) is 38.7. The molecule has 1 aromatic heterocycles. The molecule has 0 radical (unpaired) electrons. The minimum atomic E-state index is -1.21. The van der Waals surface area contributed by atoms with Crippen molar-refractivity contribution < 1.29 is 89.7 Å². The molecule has 0 aromatic carbocycles. The summed E-state index contributed by atoms with van der Waals surface area (Å²) in [5.74, 6) is 3.54. The Labute approximate surface area is 785 Å². The molecule has 44 heteroatoms. The first-order valence-electron chi connectivity index (χ1n) is 42.8. The van der Waals surface area contributed by atoms with Crippen LogP contribution in [0, 0.1) is 6.92 Å². The molecule has 0 bridgehead atoms. The summed E-state index contributed by atoms with van der Waals surface area (Å²) >= 11 is 2.06. The highest BCUT2D eigenvalue weighted by Gasteiger charge is 2.52. The highest BCUT2D eigenvalue weighted by molar-refractivity contribution is 14.1. The lowest BCUT2D eigenvalue weighted by Crippen LogP contribution is -2.44. The van der Waals surface area contributed by atoms with Gasteiger partial charge in [-0.25, -0.2) is 35.0 Å². The Morgan fingerprint density at radius 3 is 1.13 bits per heavy atom. The van der Waals surface area contributed by atoms with Crippen LogP contribution in [0.3, 0.4) is 0 Å². The van der Waals surface area contributed by atoms with Crippen LogP contribution in [0.2, 0.25) is 0 Å². The number of nitrogens with one attached hydrogen (secondary N) is 2. The minimum absolute atomic E-state index is 0.240. The molecule has 12 aliphatic heterocycles. The van der Waals surface area contributed by atoms with Crippen molar-refractivity contribution in [2.45, 2.75) is 199 Å². The summed E-state index contributed by atoms with van der Waals surface area (Å²) < 4.78 is 35.9. The fourth-order valence-electron chi connectivity index (χ4n) is 15.1. The number of nitrogens with two attached hydrogens (primary N) is 5. The molecule has 12 aliphatic rings. The standard InChI is InChI=1S/C17H26N3O3P.C15H26N3O3P.C14H23IN3O3P.2C14H24N3O3P.C13H23N4O3P/c1-10-8-12-9-20(11(2)19-16(12)18-10)17-15(22)14(21)13(23-17)6-7-24(3,4)5;1-9-8-18(10(2)17-14(9)16)15-13(20)12(19)11(21-15)6-7-22(3,4)5;1-8-17-13(16)9(15)7-18(8)14-12(20)11(19)10(21-14)5-6-22(2,3)4;1-9-16-11(15)5-7-17(9)14-13(19)12(18)10(20-14)6-8-21(2,3)4;1-8-9(7-16-14(15)17-8)13-12(19)11(18)10(20-13)5-6-21(2,3)4;1-8-16-10(14)7-15-17(8)13-12(19)11(18)9(20-13)5-6-21(2,3)4/h8-9,13-15,17,21-22H,2-3,6-7H2,1,4-5H3,(H,18,19);8,11-13,15,19-20H,2-3,6-7H2,1,4-5H3,(H2,16,17);7,10-12,14,19-20H,1-2,5-6H2,3-4H3,(H2,16,17);5,7,10,12-14,18-19H,1-2,6,8H2,3-4H3,(H2,15,16);7,10-13,18-19H,1-2,5-6H2,3-4H3,(H3,15,16,17);7,9,11-13,18-19H,1-2,5-6H2,3-4H3,(H2,14,16)/t13-,14-,15-,17-;11-,12-,13-,15-;10-,11-,12-,14-;10-,12-,13-,14-;10-,11-,12-,13+;9-,11-,12-,13-/m111111/s1. The Morgan fingerprint density at radius 2 is 0.740 bits per heavy atom. The molecule has 0 aliphatic carbocycles. The van der Waals surface area contributed by atoms with Gasteiger partial charge in [0.05, 0.1) is 46.4 Å². The number of rotatable bonds is 24. The molecule has 37 nitrogen and oxygen atoms in total. The molecule has 6 fully saturated rings. The van der Waals surface area contributed by atoms with Gasteiger partial charge >= 0.3 is 0 Å². The summed E-state index contributed by atoms with van der Waals surface area (Å²) in [6.45, 7) is 45.2. The van der Waals surface area contributed by atoms with Gasteiger partial charge in [0.15, 0.2) is 37.1 Å². The summed E-state index contributed by atoms with van der Waals surface area (Å²) in [6.07, 6.45) is 27.4. The highest BCUT2D eigenvalue weighted by Crippen LogP contribution is 2.46. The van der Waals surface area contributed by atoms with E-state index in [1.807, 2.05) is 26.1 Å². The zero-order valence-electron chi connectivity index (χ0n) is 78.1. The molecule has 6 saturated heterocycles. The first-order chi connectivity index (χ1) is 60.4. The number of hydrazone groups is 1. The maximum Gasteiger partial charge on any atom is 0.197 e. The van der Waals surface area contributed by atoms with E-state index < -0.39 is 188 Å². The minimum Gasteiger partial charge on any atom is -0.388 e. The van der Waals surface area contributed by atoms with Crippen LogP contribution in [0.4, 0.5) is 0 Å². The van der Waals surface area contributed by atoms with Gasteiger partial charge in [-0.05, 0) is 204 Å². The van der Waals surface area contributed by atoms with Crippen molar-refractivity contribution in [3.8, 4) is 0 Å². The zero-order chi connectivity index (χ0) is 98.3. The lowest BCUT2D eigenvalue weighted by molar-refractivity contribution is -0.0749. The van der Waals surface area contributed by atoms with E-state index in [-0.39, 0.29) is 17.6 Å². The van der Waals surface area contributed by atoms with Crippen LogP contribution in [0.5, 0.6) is 0 Å². The number of aromatic nitrogens is 1. The largest absolute Gasteiger partial charge is 0.388 e. The van der Waals surface area contributed by atoms with Gasteiger partial charge in [0.2, 0.25) is 0 Å². The second kappa shape index (κ2) is 45.5. The van der Waals surface area contributed by atoms with Crippen LogP contribution >= 0.6 is 63.9 Å². The Bertz CT molecular complexity index is 4940. The van der Waals surface area contributed by atoms with E-state index in [0.29, 0.717) is 90.6 Å². The van der Waals surface area contributed by atoms with Gasteiger partial charge in [-0.3, -0.25) is 0 Å². The van der Waals surface area contributed by atoms with Crippen LogP contribution in [0.1, 0.15) is 51.1 Å². The number of H-pyrrole nitrogens is 1. The molecular formula is C87H146IN19O18P6.